The van der Waals surface area contributed by atoms with E-state index >= 15 is 0 Å². The Morgan fingerprint density at radius 1 is 1.03 bits per heavy atom. The molecule has 1 aliphatic rings. The van der Waals surface area contributed by atoms with Gasteiger partial charge in [0.25, 0.3) is 5.91 Å². The maximum Gasteiger partial charge on any atom is 0.416 e. The van der Waals surface area contributed by atoms with Gasteiger partial charge in [0, 0.05) is 31.4 Å². The fourth-order valence-corrected chi connectivity index (χ4v) is 3.44. The summed E-state index contributed by atoms with van der Waals surface area (Å²) in [5, 5.41) is 2.34. The number of rotatable bonds is 4. The topological polar surface area (TPSA) is 54.5 Å². The van der Waals surface area contributed by atoms with Gasteiger partial charge in [-0.15, -0.1) is 0 Å². The average molecular weight is 461 g/mol. The average Bonchev–Trinajstić information content (AvgIpc) is 2.70. The van der Waals surface area contributed by atoms with Crippen molar-refractivity contribution in [1.29, 1.82) is 0 Å². The van der Waals surface area contributed by atoms with E-state index in [0.717, 1.165) is 0 Å². The molecule has 0 aliphatic carbocycles. The van der Waals surface area contributed by atoms with Gasteiger partial charge in [-0.1, -0.05) is 6.07 Å². The number of morpholine rings is 1. The minimum Gasteiger partial charge on any atom is -0.372 e. The molecule has 1 fully saturated rings. The molecule has 1 aromatic heterocycles. The third kappa shape index (κ3) is 5.90. The molecule has 1 N–H and O–H groups in total. The zero-order valence-electron chi connectivity index (χ0n) is 17.2. The Bertz CT molecular complexity index is 917. The summed E-state index contributed by atoms with van der Waals surface area (Å²) >= 11 is 0. The van der Waals surface area contributed by atoms with E-state index in [1.807, 2.05) is 18.7 Å². The normalized spacial score (nSPS) is 19.7. The van der Waals surface area contributed by atoms with Gasteiger partial charge in [0.2, 0.25) is 0 Å². The lowest BCUT2D eigenvalue weighted by molar-refractivity contribution is -0.143. The highest BCUT2D eigenvalue weighted by atomic mass is 19.4. The molecule has 1 amide bonds. The Morgan fingerprint density at radius 3 is 2.06 bits per heavy atom. The van der Waals surface area contributed by atoms with Crippen molar-refractivity contribution in [2.75, 3.05) is 18.0 Å². The molecule has 3 rings (SSSR count). The van der Waals surface area contributed by atoms with E-state index in [4.69, 9.17) is 4.74 Å². The fourth-order valence-electron chi connectivity index (χ4n) is 3.44. The van der Waals surface area contributed by atoms with Gasteiger partial charge in [-0.2, -0.15) is 26.3 Å². The monoisotopic (exact) mass is 461 g/mol. The molecule has 174 valence electrons. The van der Waals surface area contributed by atoms with Crippen LogP contribution in [0, 0.1) is 0 Å². The van der Waals surface area contributed by atoms with Crippen molar-refractivity contribution in [1.82, 2.24) is 10.3 Å². The molecular weight excluding hydrogens is 440 g/mol. The summed E-state index contributed by atoms with van der Waals surface area (Å²) in [4.78, 5) is 18.7. The highest BCUT2D eigenvalue weighted by Gasteiger charge is 2.37. The molecule has 0 bridgehead atoms. The van der Waals surface area contributed by atoms with Crippen LogP contribution in [-0.2, 0) is 23.6 Å². The zero-order valence-corrected chi connectivity index (χ0v) is 17.2. The van der Waals surface area contributed by atoms with E-state index in [-0.39, 0.29) is 24.8 Å². The second-order valence-corrected chi connectivity index (χ2v) is 7.66. The first-order valence-electron chi connectivity index (χ1n) is 9.76. The Kier molecular flexibility index (Phi) is 6.68. The van der Waals surface area contributed by atoms with Crippen LogP contribution in [0.2, 0.25) is 0 Å². The lowest BCUT2D eigenvalue weighted by Gasteiger charge is -2.36. The number of carbonyl (C=O) groups is 1. The first-order valence-corrected chi connectivity index (χ1v) is 9.76. The van der Waals surface area contributed by atoms with Crippen molar-refractivity contribution in [3.63, 3.8) is 0 Å². The van der Waals surface area contributed by atoms with Crippen molar-refractivity contribution in [2.45, 2.75) is 45.0 Å². The molecule has 1 aliphatic heterocycles. The number of aromatic nitrogens is 1. The summed E-state index contributed by atoms with van der Waals surface area (Å²) in [5.74, 6) is -0.351. The van der Waals surface area contributed by atoms with Gasteiger partial charge in [-0.3, -0.25) is 4.79 Å². The minimum atomic E-state index is -5.02. The third-order valence-corrected chi connectivity index (χ3v) is 4.86. The van der Waals surface area contributed by atoms with Crippen molar-refractivity contribution >= 4 is 11.7 Å². The molecule has 32 heavy (non-hydrogen) atoms. The maximum atomic E-state index is 13.0. The molecule has 0 saturated carbocycles. The molecule has 0 spiro atoms. The van der Waals surface area contributed by atoms with E-state index in [9.17, 15) is 31.1 Å². The van der Waals surface area contributed by atoms with Gasteiger partial charge in [0.15, 0.2) is 0 Å². The third-order valence-electron chi connectivity index (χ3n) is 4.86. The number of amides is 1. The second kappa shape index (κ2) is 8.97. The summed E-state index contributed by atoms with van der Waals surface area (Å²) in [7, 11) is 0. The Labute approximate surface area is 180 Å². The van der Waals surface area contributed by atoms with Crippen LogP contribution in [0.4, 0.5) is 32.2 Å². The molecule has 1 saturated heterocycles. The van der Waals surface area contributed by atoms with E-state index in [1.54, 1.807) is 12.1 Å². The molecule has 2 atom stereocenters. The number of hydrogen-bond donors (Lipinski definition) is 1. The van der Waals surface area contributed by atoms with Crippen LogP contribution in [0.1, 0.15) is 40.9 Å². The summed E-state index contributed by atoms with van der Waals surface area (Å²) in [6, 6.07) is 4.19. The Morgan fingerprint density at radius 2 is 1.59 bits per heavy atom. The van der Waals surface area contributed by atoms with Crippen LogP contribution in [0.25, 0.3) is 0 Å². The number of ether oxygens (including phenoxy) is 1. The van der Waals surface area contributed by atoms with Crippen LogP contribution in [0.5, 0.6) is 0 Å². The van der Waals surface area contributed by atoms with Crippen LogP contribution < -0.4 is 10.2 Å². The van der Waals surface area contributed by atoms with E-state index in [1.165, 1.54) is 6.20 Å². The molecule has 0 radical (unpaired) electrons. The van der Waals surface area contributed by atoms with Crippen LogP contribution in [-0.4, -0.2) is 36.2 Å². The van der Waals surface area contributed by atoms with Gasteiger partial charge < -0.3 is 15.0 Å². The summed E-state index contributed by atoms with van der Waals surface area (Å²) in [6.07, 6.45) is -8.48. The lowest BCUT2D eigenvalue weighted by atomic mass is 10.0. The highest BCUT2D eigenvalue weighted by molar-refractivity contribution is 5.94. The number of hydrogen-bond acceptors (Lipinski definition) is 4. The number of pyridine rings is 1. The quantitative estimate of drug-likeness (QED) is 0.673. The summed E-state index contributed by atoms with van der Waals surface area (Å²) in [6.45, 7) is 5.10. The number of benzene rings is 1. The van der Waals surface area contributed by atoms with Gasteiger partial charge in [-0.25, -0.2) is 4.98 Å². The number of carbonyl (C=O) groups excluding carboxylic acids is 1. The van der Waals surface area contributed by atoms with E-state index < -0.39 is 35.0 Å². The predicted molar refractivity (Wildman–Crippen MR) is 104 cm³/mol. The molecule has 2 aromatic rings. The minimum absolute atomic E-state index is 0.0211. The molecule has 1 aromatic carbocycles. The first kappa shape index (κ1) is 23.8. The van der Waals surface area contributed by atoms with Crippen molar-refractivity contribution < 1.29 is 35.9 Å². The number of nitrogens with zero attached hydrogens (tertiary/aromatic N) is 2. The van der Waals surface area contributed by atoms with Crippen molar-refractivity contribution in [3.8, 4) is 0 Å². The fraction of sp³-hybridized carbons (Fsp3) is 0.429. The maximum absolute atomic E-state index is 13.0. The molecule has 11 heteroatoms. The van der Waals surface area contributed by atoms with Crippen LogP contribution in [0.3, 0.4) is 0 Å². The van der Waals surface area contributed by atoms with Gasteiger partial charge >= 0.3 is 12.4 Å². The molecule has 2 heterocycles. The standard InChI is InChI=1S/C21H21F6N3O2/c1-12-10-30(11-13(2)32-12)18-4-3-14(8-28-18)9-29-19(31)15-5-16(20(22,23)24)7-17(6-15)21(25,26)27/h3-8,12-13H,9-11H2,1-2H3,(H,29,31). The van der Waals surface area contributed by atoms with Crippen molar-refractivity contribution in [3.05, 3.63) is 58.8 Å². The highest BCUT2D eigenvalue weighted by Crippen LogP contribution is 2.36. The summed E-state index contributed by atoms with van der Waals surface area (Å²) in [5.41, 5.74) is -3.28. The summed E-state index contributed by atoms with van der Waals surface area (Å²) < 4.78 is 83.5. The van der Waals surface area contributed by atoms with Crippen LogP contribution >= 0.6 is 0 Å². The lowest BCUT2D eigenvalue weighted by Crippen LogP contribution is -2.45. The van der Waals surface area contributed by atoms with Crippen molar-refractivity contribution in [2.24, 2.45) is 0 Å². The molecular formula is C21H21F6N3O2. The Hall–Kier alpha value is -2.82. The number of nitrogens with one attached hydrogen (secondary N) is 1. The van der Waals surface area contributed by atoms with Crippen LogP contribution in [0.15, 0.2) is 36.5 Å². The van der Waals surface area contributed by atoms with E-state index in [0.29, 0.717) is 36.6 Å². The van der Waals surface area contributed by atoms with E-state index in [2.05, 4.69) is 10.3 Å². The predicted octanol–water partition coefficient (Wildman–Crippen LogP) is 4.66. The first-order chi connectivity index (χ1) is 14.8. The Balaban J connectivity index is 1.70. The molecule has 5 nitrogen and oxygen atoms in total. The largest absolute Gasteiger partial charge is 0.416 e. The van der Waals surface area contributed by atoms with Gasteiger partial charge in [-0.05, 0) is 43.7 Å². The SMILES string of the molecule is CC1CN(c2ccc(CNC(=O)c3cc(C(F)(F)F)cc(C(F)(F)F)c3)cn2)CC(C)O1. The number of halogens is 6. The number of anilines is 1. The number of alkyl halides is 6. The van der Waals surface area contributed by atoms with Gasteiger partial charge in [0.1, 0.15) is 5.82 Å². The zero-order chi connectivity index (χ0) is 23.7. The smallest absolute Gasteiger partial charge is 0.372 e. The second-order valence-electron chi connectivity index (χ2n) is 7.66. The molecule has 2 unspecified atom stereocenters. The van der Waals surface area contributed by atoms with Gasteiger partial charge in [0.05, 0.1) is 23.3 Å².